The van der Waals surface area contributed by atoms with E-state index in [9.17, 15) is 0 Å². The maximum atomic E-state index is 2.86. The van der Waals surface area contributed by atoms with Crippen LogP contribution in [0.25, 0.3) is 0 Å². The molecule has 0 N–H and O–H groups in total. The van der Waals surface area contributed by atoms with Gasteiger partial charge >= 0.3 is 0 Å². The molecule has 0 aromatic heterocycles. The molecule has 3 atom stereocenters. The molecule has 4 fully saturated rings. The summed E-state index contributed by atoms with van der Waals surface area (Å²) in [5, 5.41) is 0. The van der Waals surface area contributed by atoms with Crippen molar-refractivity contribution in [2.45, 2.75) is 102 Å². The number of hydrogen-bond acceptors (Lipinski definition) is 4. The summed E-state index contributed by atoms with van der Waals surface area (Å²) >= 11 is 0. The van der Waals surface area contributed by atoms with Crippen LogP contribution in [0.4, 0.5) is 0 Å². The first-order valence-electron chi connectivity index (χ1n) is 11.4. The van der Waals surface area contributed by atoms with Crippen molar-refractivity contribution < 1.29 is 0 Å². The molecule has 1 spiro atoms. The van der Waals surface area contributed by atoms with Crippen molar-refractivity contribution in [3.8, 4) is 0 Å². The lowest BCUT2D eigenvalue weighted by Crippen LogP contribution is -2.56. The largest absolute Gasteiger partial charge is 0.298 e. The van der Waals surface area contributed by atoms with E-state index in [1.807, 2.05) is 0 Å². The zero-order valence-electron chi connectivity index (χ0n) is 18.0. The van der Waals surface area contributed by atoms with E-state index in [4.69, 9.17) is 0 Å². The molecule has 0 amide bonds. The minimum Gasteiger partial charge on any atom is -0.298 e. The van der Waals surface area contributed by atoms with Gasteiger partial charge in [-0.15, -0.1) is 0 Å². The number of nitrogens with zero attached hydrogens (tertiary/aromatic N) is 4. The molecule has 1 aliphatic carbocycles. The fraction of sp³-hybridized carbons (Fsp3) is 1.00. The Kier molecular flexibility index (Phi) is 5.42. The molecule has 3 heterocycles. The first kappa shape index (κ1) is 19.2. The summed E-state index contributed by atoms with van der Waals surface area (Å²) in [7, 11) is 0. The van der Waals surface area contributed by atoms with Crippen molar-refractivity contribution in [1.29, 1.82) is 0 Å². The number of hydrogen-bond donors (Lipinski definition) is 0. The number of rotatable bonds is 7. The highest BCUT2D eigenvalue weighted by atomic mass is 15.4. The van der Waals surface area contributed by atoms with E-state index in [0.717, 1.165) is 24.2 Å². The van der Waals surface area contributed by atoms with Crippen LogP contribution in [-0.2, 0) is 0 Å². The van der Waals surface area contributed by atoms with E-state index >= 15 is 0 Å². The Morgan fingerprint density at radius 1 is 0.885 bits per heavy atom. The van der Waals surface area contributed by atoms with Crippen LogP contribution in [-0.4, -0.2) is 94.6 Å². The van der Waals surface area contributed by atoms with Gasteiger partial charge in [0.15, 0.2) is 0 Å². The van der Waals surface area contributed by atoms with Gasteiger partial charge in [-0.05, 0) is 73.3 Å². The van der Waals surface area contributed by atoms with E-state index in [2.05, 4.69) is 54.2 Å². The summed E-state index contributed by atoms with van der Waals surface area (Å²) in [4.78, 5) is 11.1. The molecule has 2 bridgehead atoms. The Labute approximate surface area is 161 Å². The second-order valence-electron chi connectivity index (χ2n) is 10.3. The molecule has 4 aliphatic rings. The molecule has 3 saturated heterocycles. The second-order valence-corrected chi connectivity index (χ2v) is 10.3. The summed E-state index contributed by atoms with van der Waals surface area (Å²) in [6.07, 6.45) is 7.06. The van der Waals surface area contributed by atoms with E-state index in [0.29, 0.717) is 11.6 Å². The molecular formula is C22H42N4. The fourth-order valence-corrected chi connectivity index (χ4v) is 6.10. The quantitative estimate of drug-likeness (QED) is 0.690. The predicted octanol–water partition coefficient (Wildman–Crippen LogP) is 2.88. The zero-order chi connectivity index (χ0) is 18.5. The van der Waals surface area contributed by atoms with E-state index < -0.39 is 0 Å². The average Bonchev–Trinajstić information content (AvgIpc) is 3.06. The maximum absolute atomic E-state index is 2.86. The molecular weight excluding hydrogens is 320 g/mol. The predicted molar refractivity (Wildman–Crippen MR) is 110 cm³/mol. The van der Waals surface area contributed by atoms with E-state index in [1.165, 1.54) is 71.4 Å². The van der Waals surface area contributed by atoms with Crippen LogP contribution >= 0.6 is 0 Å². The molecule has 0 radical (unpaired) electrons. The molecule has 4 rings (SSSR count). The van der Waals surface area contributed by atoms with Crippen LogP contribution in [0.15, 0.2) is 0 Å². The molecule has 0 aromatic rings. The lowest BCUT2D eigenvalue weighted by atomic mass is 10.1. The minimum absolute atomic E-state index is 0.566. The molecule has 4 nitrogen and oxygen atoms in total. The minimum atomic E-state index is 0.566. The van der Waals surface area contributed by atoms with Crippen LogP contribution in [0.3, 0.4) is 0 Å². The van der Waals surface area contributed by atoms with Crippen LogP contribution in [0.1, 0.15) is 66.7 Å². The van der Waals surface area contributed by atoms with Gasteiger partial charge in [0, 0.05) is 68.5 Å². The Bertz CT molecular complexity index is 487. The Morgan fingerprint density at radius 2 is 1.58 bits per heavy atom. The summed E-state index contributed by atoms with van der Waals surface area (Å²) in [5.41, 5.74) is 0.566. The van der Waals surface area contributed by atoms with Crippen molar-refractivity contribution in [2.75, 3.05) is 39.3 Å². The zero-order valence-corrected chi connectivity index (χ0v) is 18.0. The lowest BCUT2D eigenvalue weighted by molar-refractivity contribution is 0.0375. The molecule has 150 valence electrons. The first-order valence-corrected chi connectivity index (χ1v) is 11.4. The van der Waals surface area contributed by atoms with Crippen LogP contribution in [0.5, 0.6) is 0 Å². The fourth-order valence-electron chi connectivity index (χ4n) is 6.10. The molecule has 1 saturated carbocycles. The standard InChI is InChI=1S/C22H42N4/c1-17(2)23-11-12-24(22(16-23)8-9-22)10-6-7-19(5)26-15-20-13-21(26)14-25(20)18(3)4/h17-21H,6-16H2,1-5H3. The maximum Gasteiger partial charge on any atom is 0.0338 e. The third kappa shape index (κ3) is 3.59. The summed E-state index contributed by atoms with van der Waals surface area (Å²) < 4.78 is 0. The van der Waals surface area contributed by atoms with Gasteiger partial charge in [0.25, 0.3) is 0 Å². The molecule has 0 aromatic carbocycles. The van der Waals surface area contributed by atoms with Gasteiger partial charge in [-0.3, -0.25) is 19.6 Å². The summed E-state index contributed by atoms with van der Waals surface area (Å²) in [6, 6.07) is 3.88. The third-order valence-corrected chi connectivity index (χ3v) is 7.99. The van der Waals surface area contributed by atoms with Gasteiger partial charge in [0.2, 0.25) is 0 Å². The van der Waals surface area contributed by atoms with Gasteiger partial charge in [-0.25, -0.2) is 0 Å². The van der Waals surface area contributed by atoms with Crippen molar-refractivity contribution >= 4 is 0 Å². The number of piperazine rings is 2. The topological polar surface area (TPSA) is 13.0 Å². The van der Waals surface area contributed by atoms with Gasteiger partial charge in [-0.2, -0.15) is 0 Å². The average molecular weight is 363 g/mol. The van der Waals surface area contributed by atoms with Crippen LogP contribution < -0.4 is 0 Å². The van der Waals surface area contributed by atoms with Gasteiger partial charge in [0.1, 0.15) is 0 Å². The highest BCUT2D eigenvalue weighted by Crippen LogP contribution is 2.44. The lowest BCUT2D eigenvalue weighted by Gasteiger charge is -2.44. The van der Waals surface area contributed by atoms with Gasteiger partial charge in [0.05, 0.1) is 0 Å². The van der Waals surface area contributed by atoms with E-state index in [-0.39, 0.29) is 0 Å². The normalized spacial score (nSPS) is 33.8. The highest BCUT2D eigenvalue weighted by Gasteiger charge is 2.51. The highest BCUT2D eigenvalue weighted by molar-refractivity contribution is 5.08. The molecule has 3 unspecified atom stereocenters. The summed E-state index contributed by atoms with van der Waals surface area (Å²) in [6.45, 7) is 19.8. The molecule has 3 aliphatic heterocycles. The monoisotopic (exact) mass is 362 g/mol. The van der Waals surface area contributed by atoms with Crippen molar-refractivity contribution in [2.24, 2.45) is 0 Å². The van der Waals surface area contributed by atoms with Crippen LogP contribution in [0, 0.1) is 0 Å². The van der Waals surface area contributed by atoms with Crippen LogP contribution in [0.2, 0.25) is 0 Å². The Balaban J connectivity index is 1.21. The smallest absolute Gasteiger partial charge is 0.0338 e. The SMILES string of the molecule is CC(C)N1CCN(CCCC(C)N2CC3CC2CN3C(C)C)C2(CC2)C1. The molecule has 26 heavy (non-hydrogen) atoms. The Hall–Kier alpha value is -0.160. The van der Waals surface area contributed by atoms with Crippen molar-refractivity contribution in [3.63, 3.8) is 0 Å². The van der Waals surface area contributed by atoms with Gasteiger partial charge in [-0.1, -0.05) is 0 Å². The molecule has 4 heteroatoms. The second kappa shape index (κ2) is 7.35. The van der Waals surface area contributed by atoms with Crippen molar-refractivity contribution in [3.05, 3.63) is 0 Å². The Morgan fingerprint density at radius 3 is 2.15 bits per heavy atom. The first-order chi connectivity index (χ1) is 12.4. The number of fused-ring (bicyclic) bond motifs is 2. The number of likely N-dealkylation sites (tertiary alicyclic amines) is 2. The van der Waals surface area contributed by atoms with E-state index in [1.54, 1.807) is 0 Å². The summed E-state index contributed by atoms with van der Waals surface area (Å²) in [5.74, 6) is 0. The third-order valence-electron chi connectivity index (χ3n) is 7.99. The van der Waals surface area contributed by atoms with Gasteiger partial charge < -0.3 is 0 Å². The van der Waals surface area contributed by atoms with Crippen molar-refractivity contribution in [1.82, 2.24) is 19.6 Å².